The van der Waals surface area contributed by atoms with Gasteiger partial charge in [0.25, 0.3) is 0 Å². The topological polar surface area (TPSA) is 26.3 Å². The molecule has 0 N–H and O–H groups in total. The molecule has 0 aliphatic rings. The molecule has 2 heteroatoms. The van der Waals surface area contributed by atoms with Gasteiger partial charge in [-0.05, 0) is 24.2 Å². The Morgan fingerprint density at radius 3 is 2.29 bits per heavy atom. The Morgan fingerprint density at radius 1 is 1.36 bits per heavy atom. The second-order valence-corrected chi connectivity index (χ2v) is 5.37. The third kappa shape index (κ3) is 7.07. The van der Waals surface area contributed by atoms with Crippen LogP contribution in [0.25, 0.3) is 0 Å². The molecule has 0 amide bonds. The van der Waals surface area contributed by atoms with Crippen LogP contribution < -0.4 is 0 Å². The van der Waals surface area contributed by atoms with Crippen molar-refractivity contribution in [2.75, 3.05) is 7.11 Å². The summed E-state index contributed by atoms with van der Waals surface area (Å²) in [7, 11) is 1.68. The molecule has 0 unspecified atom stereocenters. The highest BCUT2D eigenvalue weighted by atomic mass is 16.5. The number of aldehydes is 1. The van der Waals surface area contributed by atoms with Gasteiger partial charge in [0.15, 0.2) is 0 Å². The molecule has 2 nitrogen and oxygen atoms in total. The summed E-state index contributed by atoms with van der Waals surface area (Å²) >= 11 is 0. The Hall–Kier alpha value is -0.370. The minimum absolute atomic E-state index is 0.102. The Morgan fingerprint density at radius 2 is 1.93 bits per heavy atom. The highest BCUT2D eigenvalue weighted by Gasteiger charge is 2.18. The van der Waals surface area contributed by atoms with E-state index in [4.69, 9.17) is 4.74 Å². The van der Waals surface area contributed by atoms with Gasteiger partial charge in [0.2, 0.25) is 0 Å². The summed E-state index contributed by atoms with van der Waals surface area (Å²) in [5.41, 5.74) is 0.360. The monoisotopic (exact) mass is 200 g/mol. The van der Waals surface area contributed by atoms with Crippen LogP contribution in [-0.2, 0) is 9.53 Å². The minimum Gasteiger partial charge on any atom is -0.381 e. The molecule has 14 heavy (non-hydrogen) atoms. The van der Waals surface area contributed by atoms with Crippen molar-refractivity contribution in [3.05, 3.63) is 0 Å². The zero-order valence-corrected chi connectivity index (χ0v) is 10.2. The second kappa shape index (κ2) is 6.18. The number of carbonyl (C=O) groups is 1. The van der Waals surface area contributed by atoms with Crippen LogP contribution in [0.15, 0.2) is 0 Å². The molecule has 0 aromatic heterocycles. The van der Waals surface area contributed by atoms with Crippen LogP contribution >= 0.6 is 0 Å². The van der Waals surface area contributed by atoms with E-state index in [-0.39, 0.29) is 6.10 Å². The molecule has 2 atom stereocenters. The van der Waals surface area contributed by atoms with E-state index in [1.165, 1.54) is 6.42 Å². The fourth-order valence-electron chi connectivity index (χ4n) is 1.97. The van der Waals surface area contributed by atoms with Crippen molar-refractivity contribution in [1.29, 1.82) is 0 Å². The molecule has 0 fully saturated rings. The molecule has 0 saturated heterocycles. The lowest BCUT2D eigenvalue weighted by Gasteiger charge is -2.25. The molecule has 0 bridgehead atoms. The zero-order valence-electron chi connectivity index (χ0n) is 10.2. The van der Waals surface area contributed by atoms with Gasteiger partial charge in [-0.2, -0.15) is 0 Å². The van der Waals surface area contributed by atoms with Crippen LogP contribution in [0.2, 0.25) is 0 Å². The van der Waals surface area contributed by atoms with Crippen molar-refractivity contribution >= 4 is 6.29 Å². The number of rotatable bonds is 6. The number of hydrogen-bond donors (Lipinski definition) is 0. The number of carbonyl (C=O) groups excluding carboxylic acids is 1. The van der Waals surface area contributed by atoms with Gasteiger partial charge >= 0.3 is 0 Å². The maximum atomic E-state index is 10.4. The van der Waals surface area contributed by atoms with Gasteiger partial charge in [0.1, 0.15) is 6.29 Å². The highest BCUT2D eigenvalue weighted by Crippen LogP contribution is 2.27. The van der Waals surface area contributed by atoms with E-state index in [0.29, 0.717) is 17.8 Å². The molecule has 0 spiro atoms. The van der Waals surface area contributed by atoms with Crippen molar-refractivity contribution in [1.82, 2.24) is 0 Å². The standard InChI is InChI=1S/C12H24O2/c1-10(9-12(2,3)4)8-11(14-5)6-7-13/h7,10-11H,6,8-9H2,1-5H3/t10-,11+/m1/s1. The summed E-state index contributed by atoms with van der Waals surface area (Å²) in [6, 6.07) is 0. The van der Waals surface area contributed by atoms with Crippen LogP contribution in [-0.4, -0.2) is 19.5 Å². The lowest BCUT2D eigenvalue weighted by Crippen LogP contribution is -2.19. The van der Waals surface area contributed by atoms with Gasteiger partial charge in [0.05, 0.1) is 6.10 Å². The van der Waals surface area contributed by atoms with Crippen LogP contribution in [0.4, 0.5) is 0 Å². The van der Waals surface area contributed by atoms with Gasteiger partial charge in [-0.15, -0.1) is 0 Å². The molecule has 0 rings (SSSR count). The molecule has 0 aliphatic carbocycles. The Balaban J connectivity index is 3.89. The summed E-state index contributed by atoms with van der Waals surface area (Å²) < 4.78 is 5.24. The van der Waals surface area contributed by atoms with Crippen LogP contribution in [0.5, 0.6) is 0 Å². The van der Waals surface area contributed by atoms with Crippen molar-refractivity contribution in [3.8, 4) is 0 Å². The third-order valence-electron chi connectivity index (χ3n) is 2.32. The molecule has 84 valence electrons. The average Bonchev–Trinajstić information content (AvgIpc) is 2.00. The van der Waals surface area contributed by atoms with Gasteiger partial charge in [0, 0.05) is 13.5 Å². The first kappa shape index (κ1) is 13.6. The Kier molecular flexibility index (Phi) is 6.01. The fourth-order valence-corrected chi connectivity index (χ4v) is 1.97. The SMILES string of the molecule is CO[C@@H](CC=O)C[C@@H](C)CC(C)(C)C. The van der Waals surface area contributed by atoms with Gasteiger partial charge < -0.3 is 9.53 Å². The first-order valence-corrected chi connectivity index (χ1v) is 5.35. The molecular formula is C12H24O2. The molecule has 0 radical (unpaired) electrons. The molecule has 0 heterocycles. The average molecular weight is 200 g/mol. The van der Waals surface area contributed by atoms with E-state index < -0.39 is 0 Å². The van der Waals surface area contributed by atoms with Crippen LogP contribution in [0, 0.1) is 11.3 Å². The minimum atomic E-state index is 0.102. The predicted molar refractivity (Wildman–Crippen MR) is 59.3 cm³/mol. The quantitative estimate of drug-likeness (QED) is 0.616. The molecule has 0 aromatic rings. The number of ether oxygens (including phenoxy) is 1. The van der Waals surface area contributed by atoms with E-state index in [2.05, 4.69) is 27.7 Å². The second-order valence-electron chi connectivity index (χ2n) is 5.37. The summed E-state index contributed by atoms with van der Waals surface area (Å²) in [5, 5.41) is 0. The highest BCUT2D eigenvalue weighted by molar-refractivity contribution is 5.50. The van der Waals surface area contributed by atoms with Crippen LogP contribution in [0.1, 0.15) is 47.0 Å². The smallest absolute Gasteiger partial charge is 0.122 e. The Bertz CT molecular complexity index is 158. The third-order valence-corrected chi connectivity index (χ3v) is 2.32. The lowest BCUT2D eigenvalue weighted by molar-refractivity contribution is -0.110. The van der Waals surface area contributed by atoms with Crippen molar-refractivity contribution < 1.29 is 9.53 Å². The summed E-state index contributed by atoms with van der Waals surface area (Å²) in [6.45, 7) is 8.95. The summed E-state index contributed by atoms with van der Waals surface area (Å²) in [6.07, 6.45) is 3.71. The zero-order chi connectivity index (χ0) is 11.2. The predicted octanol–water partition coefficient (Wildman–Crippen LogP) is 3.05. The number of hydrogen-bond acceptors (Lipinski definition) is 2. The van der Waals surface area contributed by atoms with E-state index in [0.717, 1.165) is 12.7 Å². The van der Waals surface area contributed by atoms with E-state index >= 15 is 0 Å². The lowest BCUT2D eigenvalue weighted by atomic mass is 9.83. The van der Waals surface area contributed by atoms with Gasteiger partial charge in [-0.1, -0.05) is 27.7 Å². The van der Waals surface area contributed by atoms with Gasteiger partial charge in [-0.25, -0.2) is 0 Å². The van der Waals surface area contributed by atoms with E-state index in [1.807, 2.05) is 0 Å². The normalized spacial score (nSPS) is 16.4. The molecule has 0 aromatic carbocycles. The van der Waals surface area contributed by atoms with Crippen molar-refractivity contribution in [3.63, 3.8) is 0 Å². The van der Waals surface area contributed by atoms with E-state index in [1.54, 1.807) is 7.11 Å². The maximum absolute atomic E-state index is 10.4. The van der Waals surface area contributed by atoms with Gasteiger partial charge in [-0.3, -0.25) is 0 Å². The number of methoxy groups -OCH3 is 1. The molecule has 0 aliphatic heterocycles. The fraction of sp³-hybridized carbons (Fsp3) is 0.917. The maximum Gasteiger partial charge on any atom is 0.122 e. The first-order valence-electron chi connectivity index (χ1n) is 5.35. The van der Waals surface area contributed by atoms with Crippen molar-refractivity contribution in [2.24, 2.45) is 11.3 Å². The Labute approximate surface area is 88.0 Å². The van der Waals surface area contributed by atoms with Crippen molar-refractivity contribution in [2.45, 2.75) is 53.1 Å². The molecular weight excluding hydrogens is 176 g/mol. The summed E-state index contributed by atoms with van der Waals surface area (Å²) in [5.74, 6) is 0.611. The summed E-state index contributed by atoms with van der Waals surface area (Å²) in [4.78, 5) is 10.4. The van der Waals surface area contributed by atoms with Crippen LogP contribution in [0.3, 0.4) is 0 Å². The molecule has 0 saturated carbocycles. The largest absolute Gasteiger partial charge is 0.381 e. The van der Waals surface area contributed by atoms with E-state index in [9.17, 15) is 4.79 Å². The first-order chi connectivity index (χ1) is 6.39.